The molecule has 1 N–H and O–H groups in total. The van der Waals surface area contributed by atoms with Crippen LogP contribution in [0.15, 0.2) is 78.9 Å². The Kier molecular flexibility index (Phi) is 7.97. The van der Waals surface area contributed by atoms with E-state index in [2.05, 4.69) is 5.32 Å². The molecule has 0 aromatic heterocycles. The van der Waals surface area contributed by atoms with Crippen molar-refractivity contribution in [1.82, 2.24) is 4.90 Å². The van der Waals surface area contributed by atoms with Gasteiger partial charge in [0.15, 0.2) is 5.11 Å². The molecule has 0 spiro atoms. The quantitative estimate of drug-likeness (QED) is 0.342. The highest BCUT2D eigenvalue weighted by Crippen LogP contribution is 2.29. The van der Waals surface area contributed by atoms with Gasteiger partial charge in [-0.05, 0) is 72.7 Å². The molecule has 4 rings (SSSR count). The first-order chi connectivity index (χ1) is 17.4. The summed E-state index contributed by atoms with van der Waals surface area (Å²) in [6.45, 7) is 0.477. The van der Waals surface area contributed by atoms with E-state index in [1.54, 1.807) is 53.4 Å². The summed E-state index contributed by atoms with van der Waals surface area (Å²) in [4.78, 5) is 41.3. The Morgan fingerprint density at radius 1 is 1.00 bits per heavy atom. The van der Waals surface area contributed by atoms with E-state index in [4.69, 9.17) is 28.6 Å². The van der Waals surface area contributed by atoms with Crippen LogP contribution < -0.4 is 10.2 Å². The number of rotatable bonds is 8. The molecular formula is C27H24ClN3O4S. The number of esters is 1. The molecular weight excluding hydrogens is 498 g/mol. The molecule has 1 aliphatic rings. The van der Waals surface area contributed by atoms with E-state index in [1.165, 1.54) is 12.0 Å². The predicted octanol–water partition coefficient (Wildman–Crippen LogP) is 4.70. The predicted molar refractivity (Wildman–Crippen MR) is 143 cm³/mol. The Morgan fingerprint density at radius 2 is 1.67 bits per heavy atom. The van der Waals surface area contributed by atoms with E-state index in [1.807, 2.05) is 30.3 Å². The largest absolute Gasteiger partial charge is 0.465 e. The number of anilines is 2. The van der Waals surface area contributed by atoms with Crippen LogP contribution in [0.2, 0.25) is 5.02 Å². The summed E-state index contributed by atoms with van der Waals surface area (Å²) in [6.07, 6.45) is 0.576. The smallest absolute Gasteiger partial charge is 0.337 e. The van der Waals surface area contributed by atoms with Gasteiger partial charge in [0.25, 0.3) is 5.91 Å². The maximum Gasteiger partial charge on any atom is 0.337 e. The number of carbonyl (C=O) groups excluding carboxylic acids is 3. The molecule has 3 aromatic rings. The number of benzene rings is 3. The third kappa shape index (κ3) is 5.72. The van der Waals surface area contributed by atoms with Gasteiger partial charge in [0.1, 0.15) is 6.04 Å². The lowest BCUT2D eigenvalue weighted by atomic mass is 10.1. The number of thiocarbonyl (C=S) groups is 1. The fourth-order valence-electron chi connectivity index (χ4n) is 4.00. The second kappa shape index (κ2) is 11.3. The lowest BCUT2D eigenvalue weighted by Gasteiger charge is -2.24. The van der Waals surface area contributed by atoms with E-state index in [9.17, 15) is 14.4 Å². The zero-order valence-corrected chi connectivity index (χ0v) is 21.1. The Morgan fingerprint density at radius 3 is 2.31 bits per heavy atom. The number of carbonyl (C=O) groups is 3. The maximum atomic E-state index is 13.5. The highest BCUT2D eigenvalue weighted by Gasteiger charge is 2.43. The van der Waals surface area contributed by atoms with Gasteiger partial charge < -0.3 is 15.0 Å². The molecule has 1 heterocycles. The second-order valence-corrected chi connectivity index (χ2v) is 9.00. The molecule has 0 saturated carbocycles. The number of nitrogens with one attached hydrogen (secondary N) is 1. The Labute approximate surface area is 219 Å². The van der Waals surface area contributed by atoms with Crippen molar-refractivity contribution < 1.29 is 19.1 Å². The van der Waals surface area contributed by atoms with Crippen LogP contribution in [0.1, 0.15) is 22.3 Å². The van der Waals surface area contributed by atoms with Crippen molar-refractivity contribution in [2.45, 2.75) is 18.9 Å². The van der Waals surface area contributed by atoms with Gasteiger partial charge in [-0.25, -0.2) is 4.79 Å². The van der Waals surface area contributed by atoms with Gasteiger partial charge in [-0.1, -0.05) is 41.9 Å². The molecule has 0 bridgehead atoms. The Balaban J connectivity index is 1.52. The van der Waals surface area contributed by atoms with Crippen LogP contribution in [0.3, 0.4) is 0 Å². The van der Waals surface area contributed by atoms with Gasteiger partial charge in [0, 0.05) is 17.3 Å². The molecule has 36 heavy (non-hydrogen) atoms. The van der Waals surface area contributed by atoms with Gasteiger partial charge in [-0.15, -0.1) is 0 Å². The number of nitrogens with zero attached hydrogens (tertiary/aromatic N) is 2. The zero-order chi connectivity index (χ0) is 25.7. The summed E-state index contributed by atoms with van der Waals surface area (Å²) in [5.74, 6) is -1.08. The number of hydrogen-bond acceptors (Lipinski definition) is 5. The fraction of sp³-hybridized carbons (Fsp3) is 0.185. The molecule has 0 unspecified atom stereocenters. The van der Waals surface area contributed by atoms with Crippen LogP contribution in [-0.4, -0.2) is 47.5 Å². The van der Waals surface area contributed by atoms with Gasteiger partial charge >= 0.3 is 5.97 Å². The number of ether oxygens (including phenoxy) is 1. The van der Waals surface area contributed by atoms with Crippen molar-refractivity contribution in [2.24, 2.45) is 0 Å². The topological polar surface area (TPSA) is 78.9 Å². The third-order valence-electron chi connectivity index (χ3n) is 5.86. The van der Waals surface area contributed by atoms with Crippen molar-refractivity contribution in [3.05, 3.63) is 95.0 Å². The summed E-state index contributed by atoms with van der Waals surface area (Å²) in [5.41, 5.74) is 2.58. The molecule has 1 fully saturated rings. The SMILES string of the molecule is COC(=O)c1ccc(NC(=O)C[C@@H]2C(=O)N(c3ccc(Cl)cc3)C(=S)N2CCc2ccccc2)cc1. The standard InChI is InChI=1S/C27H24ClN3O4S/c1-35-26(34)19-7-11-21(12-8-19)29-24(32)17-23-25(33)31(22-13-9-20(28)10-14-22)27(36)30(23)16-15-18-5-3-2-4-6-18/h2-14,23H,15-17H2,1H3,(H,29,32)/t23-/m1/s1. The summed E-state index contributed by atoms with van der Waals surface area (Å²) in [5, 5.41) is 3.69. The van der Waals surface area contributed by atoms with Crippen LogP contribution in [0.4, 0.5) is 11.4 Å². The number of halogens is 1. The van der Waals surface area contributed by atoms with Crippen molar-refractivity contribution >= 4 is 58.1 Å². The molecule has 1 aliphatic heterocycles. The minimum atomic E-state index is -0.758. The first kappa shape index (κ1) is 25.3. The first-order valence-electron chi connectivity index (χ1n) is 11.3. The highest BCUT2D eigenvalue weighted by atomic mass is 35.5. The van der Waals surface area contributed by atoms with Crippen LogP contribution in [-0.2, 0) is 20.7 Å². The molecule has 0 radical (unpaired) electrons. The molecule has 7 nitrogen and oxygen atoms in total. The summed E-state index contributed by atoms with van der Waals surface area (Å²) < 4.78 is 4.69. The monoisotopic (exact) mass is 521 g/mol. The fourth-order valence-corrected chi connectivity index (χ4v) is 4.54. The second-order valence-electron chi connectivity index (χ2n) is 8.20. The average molecular weight is 522 g/mol. The summed E-state index contributed by atoms with van der Waals surface area (Å²) >= 11 is 11.7. The number of hydrogen-bond donors (Lipinski definition) is 1. The molecule has 3 aromatic carbocycles. The molecule has 0 aliphatic carbocycles. The summed E-state index contributed by atoms with van der Waals surface area (Å²) in [7, 11) is 1.30. The van der Waals surface area contributed by atoms with Gasteiger partial charge in [0.05, 0.1) is 24.8 Å². The van der Waals surface area contributed by atoms with Crippen LogP contribution >= 0.6 is 23.8 Å². The van der Waals surface area contributed by atoms with Crippen molar-refractivity contribution in [3.8, 4) is 0 Å². The van der Waals surface area contributed by atoms with E-state index in [0.717, 1.165) is 5.56 Å². The molecule has 2 amide bonds. The highest BCUT2D eigenvalue weighted by molar-refractivity contribution is 7.80. The Bertz CT molecular complexity index is 1270. The minimum absolute atomic E-state index is 0.0867. The minimum Gasteiger partial charge on any atom is -0.465 e. The third-order valence-corrected chi connectivity index (χ3v) is 6.53. The van der Waals surface area contributed by atoms with E-state index in [0.29, 0.717) is 40.0 Å². The number of amides is 2. The van der Waals surface area contributed by atoms with E-state index in [-0.39, 0.29) is 18.2 Å². The molecule has 9 heteroatoms. The van der Waals surface area contributed by atoms with Crippen molar-refractivity contribution in [1.29, 1.82) is 0 Å². The van der Waals surface area contributed by atoms with Crippen molar-refractivity contribution in [3.63, 3.8) is 0 Å². The van der Waals surface area contributed by atoms with Crippen molar-refractivity contribution in [2.75, 3.05) is 23.9 Å². The normalized spacial score (nSPS) is 15.2. The van der Waals surface area contributed by atoms with Gasteiger partial charge in [0.2, 0.25) is 5.91 Å². The van der Waals surface area contributed by atoms with Crippen LogP contribution in [0, 0.1) is 0 Å². The van der Waals surface area contributed by atoms with E-state index < -0.39 is 12.0 Å². The maximum absolute atomic E-state index is 13.5. The van der Waals surface area contributed by atoms with Gasteiger partial charge in [-0.2, -0.15) is 0 Å². The molecule has 184 valence electrons. The zero-order valence-electron chi connectivity index (χ0n) is 19.5. The van der Waals surface area contributed by atoms with E-state index >= 15 is 0 Å². The van der Waals surface area contributed by atoms with Crippen LogP contribution in [0.5, 0.6) is 0 Å². The number of methoxy groups -OCH3 is 1. The van der Waals surface area contributed by atoms with Crippen LogP contribution in [0.25, 0.3) is 0 Å². The first-order valence-corrected chi connectivity index (χ1v) is 12.1. The lowest BCUT2D eigenvalue weighted by molar-refractivity contribution is -0.124. The molecule has 1 atom stereocenters. The summed E-state index contributed by atoms with van der Waals surface area (Å²) in [6, 6.07) is 22.3. The Hall–Kier alpha value is -3.75. The van der Waals surface area contributed by atoms with Gasteiger partial charge in [-0.3, -0.25) is 14.5 Å². The molecule has 1 saturated heterocycles. The average Bonchev–Trinajstić information content (AvgIpc) is 3.12. The lowest BCUT2D eigenvalue weighted by Crippen LogP contribution is -2.39.